The molecule has 0 saturated carbocycles. The number of carbonyl (C=O) groups excluding carboxylic acids is 1. The topological polar surface area (TPSA) is 75.4 Å². The SMILES string of the molecule is C#CCCCNC(=O)[C@@H](N)CO. The maximum Gasteiger partial charge on any atom is 0.239 e. The summed E-state index contributed by atoms with van der Waals surface area (Å²) in [7, 11) is 0. The number of aliphatic hydroxyl groups is 1. The van der Waals surface area contributed by atoms with Crippen LogP contribution in [0.25, 0.3) is 0 Å². The zero-order valence-electron chi connectivity index (χ0n) is 6.92. The molecular weight excluding hydrogens is 156 g/mol. The van der Waals surface area contributed by atoms with Crippen molar-refractivity contribution in [3.8, 4) is 12.3 Å². The highest BCUT2D eigenvalue weighted by Crippen LogP contribution is 1.83. The van der Waals surface area contributed by atoms with Crippen molar-refractivity contribution in [1.29, 1.82) is 0 Å². The van der Waals surface area contributed by atoms with Gasteiger partial charge in [0.15, 0.2) is 0 Å². The second-order valence-corrected chi connectivity index (χ2v) is 2.39. The van der Waals surface area contributed by atoms with Crippen LogP contribution in [-0.2, 0) is 4.79 Å². The molecule has 1 amide bonds. The van der Waals surface area contributed by atoms with Gasteiger partial charge in [0, 0.05) is 13.0 Å². The van der Waals surface area contributed by atoms with E-state index in [0.717, 1.165) is 6.42 Å². The molecule has 4 heteroatoms. The second kappa shape index (κ2) is 6.65. The van der Waals surface area contributed by atoms with E-state index < -0.39 is 6.04 Å². The molecule has 0 radical (unpaired) electrons. The molecule has 0 aromatic heterocycles. The van der Waals surface area contributed by atoms with Gasteiger partial charge in [0.2, 0.25) is 5.91 Å². The summed E-state index contributed by atoms with van der Waals surface area (Å²) < 4.78 is 0. The van der Waals surface area contributed by atoms with E-state index in [0.29, 0.717) is 13.0 Å². The van der Waals surface area contributed by atoms with Crippen LogP contribution < -0.4 is 11.1 Å². The third kappa shape index (κ3) is 4.72. The molecule has 0 unspecified atom stereocenters. The van der Waals surface area contributed by atoms with E-state index in [1.54, 1.807) is 0 Å². The molecule has 4 nitrogen and oxygen atoms in total. The second-order valence-electron chi connectivity index (χ2n) is 2.39. The van der Waals surface area contributed by atoms with Gasteiger partial charge < -0.3 is 16.2 Å². The Morgan fingerprint density at radius 2 is 2.42 bits per heavy atom. The molecule has 0 aliphatic heterocycles. The summed E-state index contributed by atoms with van der Waals surface area (Å²) in [5, 5.41) is 11.0. The van der Waals surface area contributed by atoms with Gasteiger partial charge in [-0.2, -0.15) is 0 Å². The summed E-state index contributed by atoms with van der Waals surface area (Å²) in [6, 6.07) is -0.823. The van der Waals surface area contributed by atoms with Gasteiger partial charge in [-0.15, -0.1) is 12.3 Å². The zero-order chi connectivity index (χ0) is 9.40. The third-order valence-corrected chi connectivity index (χ3v) is 1.33. The first-order valence-corrected chi connectivity index (χ1v) is 3.80. The Morgan fingerprint density at radius 3 is 2.92 bits per heavy atom. The van der Waals surface area contributed by atoms with Crippen LogP contribution in [-0.4, -0.2) is 30.2 Å². The van der Waals surface area contributed by atoms with E-state index in [1.807, 2.05) is 0 Å². The van der Waals surface area contributed by atoms with Crippen molar-refractivity contribution >= 4 is 5.91 Å². The Morgan fingerprint density at radius 1 is 1.75 bits per heavy atom. The van der Waals surface area contributed by atoms with Gasteiger partial charge in [0.25, 0.3) is 0 Å². The Labute approximate surface area is 72.1 Å². The van der Waals surface area contributed by atoms with Gasteiger partial charge in [-0.25, -0.2) is 0 Å². The summed E-state index contributed by atoms with van der Waals surface area (Å²) in [6.45, 7) is 0.178. The lowest BCUT2D eigenvalue weighted by Gasteiger charge is -2.07. The zero-order valence-corrected chi connectivity index (χ0v) is 6.92. The first-order valence-electron chi connectivity index (χ1n) is 3.80. The van der Waals surface area contributed by atoms with E-state index in [2.05, 4.69) is 11.2 Å². The van der Waals surface area contributed by atoms with Crippen molar-refractivity contribution in [2.24, 2.45) is 5.73 Å². The number of rotatable bonds is 5. The Balaban J connectivity index is 3.39. The number of nitrogens with one attached hydrogen (secondary N) is 1. The quantitative estimate of drug-likeness (QED) is 0.360. The summed E-state index contributed by atoms with van der Waals surface area (Å²) in [4.78, 5) is 10.9. The van der Waals surface area contributed by atoms with E-state index in [4.69, 9.17) is 17.3 Å². The van der Waals surface area contributed by atoms with E-state index in [-0.39, 0.29) is 12.5 Å². The Bertz CT molecular complexity index is 174. The molecule has 0 aromatic carbocycles. The lowest BCUT2D eigenvalue weighted by Crippen LogP contribution is -2.43. The van der Waals surface area contributed by atoms with Crippen molar-refractivity contribution < 1.29 is 9.90 Å². The molecular formula is C8H14N2O2. The summed E-state index contributed by atoms with van der Waals surface area (Å²) in [5.41, 5.74) is 5.23. The summed E-state index contributed by atoms with van der Waals surface area (Å²) in [5.74, 6) is 2.11. The molecule has 0 aliphatic carbocycles. The fraction of sp³-hybridized carbons (Fsp3) is 0.625. The van der Waals surface area contributed by atoms with E-state index in [1.165, 1.54) is 0 Å². The fourth-order valence-electron chi connectivity index (χ4n) is 0.616. The number of carbonyl (C=O) groups is 1. The first kappa shape index (κ1) is 11.0. The number of nitrogens with two attached hydrogens (primary N) is 1. The number of unbranched alkanes of at least 4 members (excludes halogenated alkanes) is 1. The van der Waals surface area contributed by atoms with Crippen LogP contribution in [0.15, 0.2) is 0 Å². The molecule has 0 fully saturated rings. The van der Waals surface area contributed by atoms with E-state index in [9.17, 15) is 4.79 Å². The van der Waals surface area contributed by atoms with Crippen molar-refractivity contribution in [2.45, 2.75) is 18.9 Å². The minimum Gasteiger partial charge on any atom is -0.394 e. The van der Waals surface area contributed by atoms with Crippen LogP contribution in [0.5, 0.6) is 0 Å². The first-order chi connectivity index (χ1) is 5.72. The molecule has 0 bridgehead atoms. The number of terminal acetylenes is 1. The fourth-order valence-corrected chi connectivity index (χ4v) is 0.616. The van der Waals surface area contributed by atoms with Crippen LogP contribution in [0.4, 0.5) is 0 Å². The molecule has 0 aliphatic rings. The molecule has 0 aromatic rings. The smallest absolute Gasteiger partial charge is 0.239 e. The molecule has 0 heterocycles. The Kier molecular flexibility index (Phi) is 6.07. The van der Waals surface area contributed by atoms with Crippen molar-refractivity contribution in [3.05, 3.63) is 0 Å². The highest BCUT2D eigenvalue weighted by atomic mass is 16.3. The highest BCUT2D eigenvalue weighted by molar-refractivity contribution is 5.81. The average molecular weight is 170 g/mol. The van der Waals surface area contributed by atoms with Crippen LogP contribution in [0, 0.1) is 12.3 Å². The van der Waals surface area contributed by atoms with Crippen LogP contribution in [0.3, 0.4) is 0 Å². The van der Waals surface area contributed by atoms with Gasteiger partial charge in [0.05, 0.1) is 6.61 Å². The van der Waals surface area contributed by atoms with Crippen LogP contribution >= 0.6 is 0 Å². The molecule has 12 heavy (non-hydrogen) atoms. The van der Waals surface area contributed by atoms with Gasteiger partial charge in [0.1, 0.15) is 6.04 Å². The minimum atomic E-state index is -0.823. The van der Waals surface area contributed by atoms with Crippen molar-refractivity contribution in [2.75, 3.05) is 13.2 Å². The number of hydrogen-bond acceptors (Lipinski definition) is 3. The lowest BCUT2D eigenvalue weighted by molar-refractivity contribution is -0.123. The normalized spacial score (nSPS) is 11.8. The molecule has 4 N–H and O–H groups in total. The maximum absolute atomic E-state index is 10.9. The molecule has 0 saturated heterocycles. The average Bonchev–Trinajstić information content (AvgIpc) is 2.10. The predicted molar refractivity (Wildman–Crippen MR) is 46.1 cm³/mol. The molecule has 0 rings (SSSR count). The van der Waals surface area contributed by atoms with Gasteiger partial charge >= 0.3 is 0 Å². The van der Waals surface area contributed by atoms with Crippen LogP contribution in [0.1, 0.15) is 12.8 Å². The monoisotopic (exact) mass is 170 g/mol. The maximum atomic E-state index is 10.9. The van der Waals surface area contributed by atoms with Gasteiger partial charge in [-0.05, 0) is 6.42 Å². The number of aliphatic hydroxyl groups excluding tert-OH is 1. The lowest BCUT2D eigenvalue weighted by atomic mass is 10.3. The minimum absolute atomic E-state index is 0.332. The highest BCUT2D eigenvalue weighted by Gasteiger charge is 2.09. The Hall–Kier alpha value is -1.05. The number of amides is 1. The number of hydrogen-bond donors (Lipinski definition) is 3. The molecule has 0 spiro atoms. The van der Waals surface area contributed by atoms with Crippen molar-refractivity contribution in [1.82, 2.24) is 5.32 Å². The standard InChI is InChI=1S/C8H14N2O2/c1-2-3-4-5-10-8(12)7(9)6-11/h1,7,11H,3-6,9H2,(H,10,12)/t7-/m0/s1. The van der Waals surface area contributed by atoms with Crippen LogP contribution in [0.2, 0.25) is 0 Å². The summed E-state index contributed by atoms with van der Waals surface area (Å²) in [6.07, 6.45) is 6.37. The molecule has 68 valence electrons. The largest absolute Gasteiger partial charge is 0.394 e. The third-order valence-electron chi connectivity index (χ3n) is 1.33. The van der Waals surface area contributed by atoms with Crippen molar-refractivity contribution in [3.63, 3.8) is 0 Å². The van der Waals surface area contributed by atoms with E-state index >= 15 is 0 Å². The van der Waals surface area contributed by atoms with Gasteiger partial charge in [-0.1, -0.05) is 0 Å². The predicted octanol–water partition coefficient (Wildman–Crippen LogP) is -1.16. The van der Waals surface area contributed by atoms with Gasteiger partial charge in [-0.3, -0.25) is 4.79 Å². The molecule has 1 atom stereocenters. The summed E-state index contributed by atoms with van der Waals surface area (Å²) >= 11 is 0.